The van der Waals surface area contributed by atoms with Crippen molar-refractivity contribution in [2.75, 3.05) is 6.54 Å². The Morgan fingerprint density at radius 1 is 1.03 bits per heavy atom. The molecule has 0 bridgehead atoms. The fraction of sp³-hybridized carbons (Fsp3) is 0.409. The SMILES string of the molecule is CC(C)C(NC(=O)CNC(=O)C(Cc1c[nH]c2ccccc12)NC(=O)C(N)CC(=O)O)C(=O)O. The van der Waals surface area contributed by atoms with Gasteiger partial charge in [0.2, 0.25) is 17.7 Å². The number of para-hydroxylation sites is 1. The molecule has 12 heteroatoms. The van der Waals surface area contributed by atoms with E-state index in [-0.39, 0.29) is 12.3 Å². The summed E-state index contributed by atoms with van der Waals surface area (Å²) in [4.78, 5) is 62.6. The van der Waals surface area contributed by atoms with E-state index in [1.807, 2.05) is 24.3 Å². The van der Waals surface area contributed by atoms with Gasteiger partial charge in [-0.3, -0.25) is 19.2 Å². The van der Waals surface area contributed by atoms with Crippen LogP contribution < -0.4 is 21.7 Å². The normalized spacial score (nSPS) is 13.6. The summed E-state index contributed by atoms with van der Waals surface area (Å²) in [6.07, 6.45) is 1.09. The van der Waals surface area contributed by atoms with Gasteiger partial charge in [-0.25, -0.2) is 4.79 Å². The van der Waals surface area contributed by atoms with E-state index >= 15 is 0 Å². The molecule has 3 atom stereocenters. The van der Waals surface area contributed by atoms with Crippen LogP contribution in [0.1, 0.15) is 25.8 Å². The molecule has 0 aliphatic rings. The largest absolute Gasteiger partial charge is 0.481 e. The number of amides is 3. The lowest BCUT2D eigenvalue weighted by Gasteiger charge is -2.21. The van der Waals surface area contributed by atoms with Crippen molar-refractivity contribution in [2.45, 2.75) is 44.8 Å². The summed E-state index contributed by atoms with van der Waals surface area (Å²) in [6, 6.07) is 3.65. The Balaban J connectivity index is 2.13. The molecule has 0 saturated carbocycles. The van der Waals surface area contributed by atoms with Crippen LogP contribution >= 0.6 is 0 Å². The van der Waals surface area contributed by atoms with Crippen LogP contribution in [0, 0.1) is 5.92 Å². The van der Waals surface area contributed by atoms with E-state index in [1.165, 1.54) is 0 Å². The summed E-state index contributed by atoms with van der Waals surface area (Å²) in [5.74, 6) is -5.11. The summed E-state index contributed by atoms with van der Waals surface area (Å²) in [6.45, 7) is 2.74. The van der Waals surface area contributed by atoms with Gasteiger partial charge in [0.05, 0.1) is 19.0 Å². The summed E-state index contributed by atoms with van der Waals surface area (Å²) in [7, 11) is 0. The molecule has 1 aromatic heterocycles. The van der Waals surface area contributed by atoms with Crippen molar-refractivity contribution in [3.63, 3.8) is 0 Å². The Morgan fingerprint density at radius 3 is 2.32 bits per heavy atom. The van der Waals surface area contributed by atoms with Gasteiger partial charge in [-0.2, -0.15) is 0 Å². The first-order valence-electron chi connectivity index (χ1n) is 10.6. The van der Waals surface area contributed by atoms with Crippen LogP contribution in [0.4, 0.5) is 0 Å². The minimum Gasteiger partial charge on any atom is -0.481 e. The number of carboxylic acids is 2. The second kappa shape index (κ2) is 11.8. The number of aliphatic carboxylic acids is 2. The first kappa shape index (κ1) is 26.3. The number of carboxylic acid groups (broad SMARTS) is 2. The van der Waals surface area contributed by atoms with Crippen LogP contribution in [-0.4, -0.2) is 69.5 Å². The van der Waals surface area contributed by atoms with Crippen molar-refractivity contribution < 1.29 is 34.2 Å². The third-order valence-electron chi connectivity index (χ3n) is 5.14. The molecule has 2 rings (SSSR count). The average molecular weight is 476 g/mol. The van der Waals surface area contributed by atoms with Crippen LogP contribution in [-0.2, 0) is 30.4 Å². The van der Waals surface area contributed by atoms with Gasteiger partial charge in [0.15, 0.2) is 0 Å². The van der Waals surface area contributed by atoms with Gasteiger partial charge in [0.1, 0.15) is 12.1 Å². The van der Waals surface area contributed by atoms with Gasteiger partial charge in [-0.15, -0.1) is 0 Å². The smallest absolute Gasteiger partial charge is 0.326 e. The monoisotopic (exact) mass is 475 g/mol. The molecule has 3 amide bonds. The highest BCUT2D eigenvalue weighted by Crippen LogP contribution is 2.19. The number of aromatic amines is 1. The molecule has 2 aromatic rings. The van der Waals surface area contributed by atoms with Gasteiger partial charge in [0, 0.05) is 23.5 Å². The van der Waals surface area contributed by atoms with Crippen LogP contribution in [0.5, 0.6) is 0 Å². The van der Waals surface area contributed by atoms with Gasteiger partial charge in [-0.1, -0.05) is 32.0 Å². The van der Waals surface area contributed by atoms with E-state index in [0.29, 0.717) is 5.56 Å². The lowest BCUT2D eigenvalue weighted by atomic mass is 10.0. The maximum Gasteiger partial charge on any atom is 0.326 e. The van der Waals surface area contributed by atoms with E-state index in [1.54, 1.807) is 20.0 Å². The number of hydrogen-bond acceptors (Lipinski definition) is 6. The Labute approximate surface area is 195 Å². The molecular formula is C22H29N5O7. The van der Waals surface area contributed by atoms with Crippen molar-refractivity contribution in [1.29, 1.82) is 0 Å². The first-order chi connectivity index (χ1) is 16.0. The molecule has 0 aliphatic carbocycles. The van der Waals surface area contributed by atoms with Crippen LogP contribution in [0.25, 0.3) is 10.9 Å². The predicted octanol–water partition coefficient (Wildman–Crippen LogP) is -0.661. The summed E-state index contributed by atoms with van der Waals surface area (Å²) >= 11 is 0. The van der Waals surface area contributed by atoms with Crippen molar-refractivity contribution in [3.05, 3.63) is 36.0 Å². The molecule has 8 N–H and O–H groups in total. The zero-order valence-electron chi connectivity index (χ0n) is 18.8. The molecule has 3 unspecified atom stereocenters. The second-order valence-corrected chi connectivity index (χ2v) is 8.17. The molecule has 0 saturated heterocycles. The third kappa shape index (κ3) is 7.30. The highest BCUT2D eigenvalue weighted by Gasteiger charge is 2.27. The number of fused-ring (bicyclic) bond motifs is 1. The van der Waals surface area contributed by atoms with Crippen molar-refractivity contribution in [3.8, 4) is 0 Å². The Morgan fingerprint density at radius 2 is 1.71 bits per heavy atom. The highest BCUT2D eigenvalue weighted by atomic mass is 16.4. The topological polar surface area (TPSA) is 204 Å². The number of H-pyrrole nitrogens is 1. The number of carbonyl (C=O) groups is 5. The first-order valence-corrected chi connectivity index (χ1v) is 10.6. The van der Waals surface area contributed by atoms with Gasteiger partial charge in [0.25, 0.3) is 0 Å². The minimum atomic E-state index is -1.37. The predicted molar refractivity (Wildman–Crippen MR) is 122 cm³/mol. The maximum absolute atomic E-state index is 12.9. The molecular weight excluding hydrogens is 446 g/mol. The fourth-order valence-electron chi connectivity index (χ4n) is 3.32. The molecule has 0 radical (unpaired) electrons. The summed E-state index contributed by atoms with van der Waals surface area (Å²) in [5, 5.41) is 26.0. The standard InChI is InChI=1S/C22H29N5O7/c1-11(2)19(22(33)34)27-17(28)10-25-21(32)16(26-20(31)14(23)8-18(29)30)7-12-9-24-15-6-4-3-5-13(12)15/h3-6,9,11,14,16,19,24H,7-8,10,23H2,1-2H3,(H,25,32)(H,26,31)(H,27,28)(H,29,30)(H,33,34). The second-order valence-electron chi connectivity index (χ2n) is 8.17. The van der Waals surface area contributed by atoms with E-state index < -0.39 is 60.8 Å². The van der Waals surface area contributed by atoms with Crippen molar-refractivity contribution >= 4 is 40.6 Å². The molecule has 184 valence electrons. The average Bonchev–Trinajstić information content (AvgIpc) is 3.17. The number of nitrogens with two attached hydrogens (primary N) is 1. The zero-order chi connectivity index (χ0) is 25.4. The number of benzene rings is 1. The Kier molecular flexibility index (Phi) is 9.13. The van der Waals surface area contributed by atoms with Crippen LogP contribution in [0.2, 0.25) is 0 Å². The lowest BCUT2D eigenvalue weighted by molar-refractivity contribution is -0.143. The Hall–Kier alpha value is -3.93. The van der Waals surface area contributed by atoms with Crippen LogP contribution in [0.3, 0.4) is 0 Å². The summed E-state index contributed by atoms with van der Waals surface area (Å²) < 4.78 is 0. The van der Waals surface area contributed by atoms with E-state index in [0.717, 1.165) is 10.9 Å². The van der Waals surface area contributed by atoms with E-state index in [9.17, 15) is 29.1 Å². The zero-order valence-corrected chi connectivity index (χ0v) is 18.8. The minimum absolute atomic E-state index is 0.0345. The molecule has 0 spiro atoms. The van der Waals surface area contributed by atoms with Crippen molar-refractivity contribution in [2.24, 2.45) is 11.7 Å². The molecule has 0 fully saturated rings. The summed E-state index contributed by atoms with van der Waals surface area (Å²) in [5.41, 5.74) is 7.14. The quantitative estimate of drug-likeness (QED) is 0.209. The number of rotatable bonds is 12. The molecule has 12 nitrogen and oxygen atoms in total. The number of nitrogens with one attached hydrogen (secondary N) is 4. The van der Waals surface area contributed by atoms with Gasteiger partial charge >= 0.3 is 11.9 Å². The molecule has 34 heavy (non-hydrogen) atoms. The highest BCUT2D eigenvalue weighted by molar-refractivity contribution is 5.94. The fourth-order valence-corrected chi connectivity index (χ4v) is 3.32. The van der Waals surface area contributed by atoms with Gasteiger partial charge < -0.3 is 36.9 Å². The van der Waals surface area contributed by atoms with Gasteiger partial charge in [-0.05, 0) is 17.5 Å². The number of aromatic nitrogens is 1. The Bertz CT molecular complexity index is 1060. The molecule has 1 aromatic carbocycles. The molecule has 0 aliphatic heterocycles. The third-order valence-corrected chi connectivity index (χ3v) is 5.14. The lowest BCUT2D eigenvalue weighted by Crippen LogP contribution is -2.54. The van der Waals surface area contributed by atoms with E-state index in [2.05, 4.69) is 20.9 Å². The number of carbonyl (C=O) groups excluding carboxylic acids is 3. The van der Waals surface area contributed by atoms with Crippen molar-refractivity contribution in [1.82, 2.24) is 20.9 Å². The van der Waals surface area contributed by atoms with Crippen LogP contribution in [0.15, 0.2) is 30.5 Å². The van der Waals surface area contributed by atoms with E-state index in [4.69, 9.17) is 10.8 Å². The maximum atomic E-state index is 12.9. The number of hydrogen-bond donors (Lipinski definition) is 7. The molecule has 1 heterocycles.